The molecule has 0 fully saturated rings. The second-order valence-electron chi connectivity index (χ2n) is 4.53. The van der Waals surface area contributed by atoms with Crippen LogP contribution in [-0.4, -0.2) is 21.3 Å². The lowest BCUT2D eigenvalue weighted by Crippen LogP contribution is -2.29. The van der Waals surface area contributed by atoms with Gasteiger partial charge in [-0.15, -0.1) is 0 Å². The lowest BCUT2D eigenvalue weighted by molar-refractivity contribution is 0.0795. The third-order valence-corrected chi connectivity index (χ3v) is 3.32. The first-order valence-corrected chi connectivity index (χ1v) is 6.28. The second kappa shape index (κ2) is 5.15. The number of benzene rings is 1. The van der Waals surface area contributed by atoms with Crippen molar-refractivity contribution >= 4 is 0 Å². The van der Waals surface area contributed by atoms with Crippen molar-refractivity contribution in [3.05, 3.63) is 51.8 Å². The van der Waals surface area contributed by atoms with Crippen molar-refractivity contribution in [3.63, 3.8) is 0 Å². The molecule has 1 aromatic heterocycles. The summed E-state index contributed by atoms with van der Waals surface area (Å²) in [7, 11) is 0. The van der Waals surface area contributed by atoms with Gasteiger partial charge in [0.05, 0.1) is 24.5 Å². The molecule has 0 amide bonds. The SMILES string of the molecule is O=c1nc2n(c(-c3ccc(F)cc3)c1CO)CCOC2. The molecule has 0 atom stereocenters. The van der Waals surface area contributed by atoms with E-state index >= 15 is 0 Å². The van der Waals surface area contributed by atoms with Crippen molar-refractivity contribution in [2.24, 2.45) is 0 Å². The quantitative estimate of drug-likeness (QED) is 0.891. The van der Waals surface area contributed by atoms with Crippen LogP contribution in [0.3, 0.4) is 0 Å². The minimum atomic E-state index is -0.469. The van der Waals surface area contributed by atoms with E-state index in [2.05, 4.69) is 4.98 Å². The molecule has 0 bridgehead atoms. The summed E-state index contributed by atoms with van der Waals surface area (Å²) < 4.78 is 20.2. The first-order chi connectivity index (χ1) is 9.70. The second-order valence-corrected chi connectivity index (χ2v) is 4.53. The Labute approximate surface area is 114 Å². The third-order valence-electron chi connectivity index (χ3n) is 3.32. The standard InChI is InChI=1S/C14H13FN2O3/c15-10-3-1-9(2-4-10)13-11(7-18)14(19)16-12-8-20-6-5-17(12)13/h1-4,18H,5-8H2. The first-order valence-electron chi connectivity index (χ1n) is 6.28. The summed E-state index contributed by atoms with van der Waals surface area (Å²) in [6, 6.07) is 5.83. The van der Waals surface area contributed by atoms with Crippen LogP contribution < -0.4 is 5.56 Å². The van der Waals surface area contributed by atoms with E-state index in [1.165, 1.54) is 12.1 Å². The lowest BCUT2D eigenvalue weighted by Gasteiger charge is -2.23. The number of nitrogens with zero attached hydrogens (tertiary/aromatic N) is 2. The molecule has 2 aromatic rings. The van der Waals surface area contributed by atoms with E-state index in [-0.39, 0.29) is 18.0 Å². The zero-order chi connectivity index (χ0) is 14.1. The number of aromatic nitrogens is 2. The summed E-state index contributed by atoms with van der Waals surface area (Å²) in [4.78, 5) is 15.9. The van der Waals surface area contributed by atoms with E-state index < -0.39 is 12.2 Å². The van der Waals surface area contributed by atoms with Crippen LogP contribution >= 0.6 is 0 Å². The van der Waals surface area contributed by atoms with E-state index in [1.807, 2.05) is 4.57 Å². The molecule has 104 valence electrons. The summed E-state index contributed by atoms with van der Waals surface area (Å²) in [5.74, 6) is 0.177. The van der Waals surface area contributed by atoms with Crippen LogP contribution in [0, 0.1) is 5.82 Å². The molecule has 1 aromatic carbocycles. The smallest absolute Gasteiger partial charge is 0.279 e. The van der Waals surface area contributed by atoms with E-state index in [0.29, 0.717) is 30.2 Å². The highest BCUT2D eigenvalue weighted by Gasteiger charge is 2.20. The summed E-state index contributed by atoms with van der Waals surface area (Å²) in [6.45, 7) is 0.910. The van der Waals surface area contributed by atoms with Gasteiger partial charge in [0.1, 0.15) is 18.2 Å². The number of rotatable bonds is 2. The number of aliphatic hydroxyl groups excluding tert-OH is 1. The Kier molecular flexibility index (Phi) is 3.33. The third kappa shape index (κ3) is 2.13. The van der Waals surface area contributed by atoms with E-state index in [9.17, 15) is 14.3 Å². The first kappa shape index (κ1) is 13.0. The highest BCUT2D eigenvalue weighted by Crippen LogP contribution is 2.24. The highest BCUT2D eigenvalue weighted by atomic mass is 19.1. The van der Waals surface area contributed by atoms with E-state index in [1.54, 1.807) is 12.1 Å². The van der Waals surface area contributed by atoms with Gasteiger partial charge in [-0.1, -0.05) is 0 Å². The molecule has 0 spiro atoms. The molecular weight excluding hydrogens is 263 g/mol. The number of fused-ring (bicyclic) bond motifs is 1. The Bertz CT molecular complexity index is 695. The van der Waals surface area contributed by atoms with Crippen molar-refractivity contribution in [2.75, 3.05) is 6.61 Å². The Morgan fingerprint density at radius 3 is 2.80 bits per heavy atom. The van der Waals surface area contributed by atoms with Crippen molar-refractivity contribution in [3.8, 4) is 11.3 Å². The van der Waals surface area contributed by atoms with Crippen LogP contribution in [0.4, 0.5) is 4.39 Å². The minimum Gasteiger partial charge on any atom is -0.391 e. The van der Waals surface area contributed by atoms with Gasteiger partial charge >= 0.3 is 0 Å². The van der Waals surface area contributed by atoms with Gasteiger partial charge in [-0.2, -0.15) is 4.98 Å². The van der Waals surface area contributed by atoms with Gasteiger partial charge in [0.2, 0.25) is 0 Å². The van der Waals surface area contributed by atoms with Crippen LogP contribution in [0.15, 0.2) is 29.1 Å². The number of halogens is 1. The molecule has 0 saturated heterocycles. The van der Waals surface area contributed by atoms with Crippen LogP contribution in [0.2, 0.25) is 0 Å². The zero-order valence-corrected chi connectivity index (χ0v) is 10.7. The summed E-state index contributed by atoms with van der Waals surface area (Å²) in [6.07, 6.45) is 0. The maximum absolute atomic E-state index is 13.1. The van der Waals surface area contributed by atoms with E-state index in [0.717, 1.165) is 0 Å². The number of hydrogen-bond donors (Lipinski definition) is 1. The molecular formula is C14H13FN2O3. The van der Waals surface area contributed by atoms with Gasteiger partial charge in [-0.3, -0.25) is 4.79 Å². The topological polar surface area (TPSA) is 64.4 Å². The summed E-state index contributed by atoms with van der Waals surface area (Å²) in [5.41, 5.74) is 1.02. The number of aliphatic hydroxyl groups is 1. The summed E-state index contributed by atoms with van der Waals surface area (Å²) in [5, 5.41) is 9.46. The van der Waals surface area contributed by atoms with Crippen LogP contribution in [0.25, 0.3) is 11.3 Å². The van der Waals surface area contributed by atoms with Crippen LogP contribution in [0.1, 0.15) is 11.4 Å². The Morgan fingerprint density at radius 2 is 2.10 bits per heavy atom. The Hall–Kier alpha value is -2.05. The highest BCUT2D eigenvalue weighted by molar-refractivity contribution is 5.63. The molecule has 6 heteroatoms. The summed E-state index contributed by atoms with van der Waals surface area (Å²) >= 11 is 0. The average Bonchev–Trinajstić information content (AvgIpc) is 2.47. The number of hydrogen-bond acceptors (Lipinski definition) is 4. The van der Waals surface area contributed by atoms with Crippen molar-refractivity contribution in [1.82, 2.24) is 9.55 Å². The Balaban J connectivity index is 2.28. The van der Waals surface area contributed by atoms with Gasteiger partial charge in [-0.05, 0) is 29.8 Å². The van der Waals surface area contributed by atoms with Gasteiger partial charge < -0.3 is 14.4 Å². The monoisotopic (exact) mass is 276 g/mol. The fraction of sp³-hybridized carbons (Fsp3) is 0.286. The van der Waals surface area contributed by atoms with E-state index in [4.69, 9.17) is 4.74 Å². The van der Waals surface area contributed by atoms with Gasteiger partial charge in [0.25, 0.3) is 5.56 Å². The zero-order valence-electron chi connectivity index (χ0n) is 10.7. The van der Waals surface area contributed by atoms with Gasteiger partial charge in [0.15, 0.2) is 0 Å². The predicted octanol–water partition coefficient (Wildman–Crippen LogP) is 1.07. The number of ether oxygens (including phenoxy) is 1. The van der Waals surface area contributed by atoms with Crippen molar-refractivity contribution < 1.29 is 14.2 Å². The maximum atomic E-state index is 13.1. The van der Waals surface area contributed by atoms with Crippen LogP contribution in [0.5, 0.6) is 0 Å². The molecule has 0 unspecified atom stereocenters. The average molecular weight is 276 g/mol. The lowest BCUT2D eigenvalue weighted by atomic mass is 10.1. The fourth-order valence-electron chi connectivity index (χ4n) is 2.39. The van der Waals surface area contributed by atoms with Gasteiger partial charge in [-0.25, -0.2) is 4.39 Å². The molecule has 5 nitrogen and oxygen atoms in total. The molecule has 0 aliphatic carbocycles. The molecule has 0 radical (unpaired) electrons. The fourth-order valence-corrected chi connectivity index (χ4v) is 2.39. The molecule has 20 heavy (non-hydrogen) atoms. The molecule has 1 N–H and O–H groups in total. The van der Waals surface area contributed by atoms with Crippen LogP contribution in [-0.2, 0) is 24.5 Å². The molecule has 1 aliphatic heterocycles. The Morgan fingerprint density at radius 1 is 1.35 bits per heavy atom. The maximum Gasteiger partial charge on any atom is 0.279 e. The molecule has 1 aliphatic rings. The predicted molar refractivity (Wildman–Crippen MR) is 69.5 cm³/mol. The molecule has 0 saturated carbocycles. The largest absolute Gasteiger partial charge is 0.391 e. The van der Waals surface area contributed by atoms with Crippen molar-refractivity contribution in [1.29, 1.82) is 0 Å². The van der Waals surface area contributed by atoms with Gasteiger partial charge in [0, 0.05) is 6.54 Å². The van der Waals surface area contributed by atoms with Crippen molar-refractivity contribution in [2.45, 2.75) is 19.8 Å². The molecule has 3 rings (SSSR count). The molecule has 2 heterocycles. The minimum absolute atomic E-state index is 0.224. The normalized spacial score (nSPS) is 14.1.